The minimum atomic E-state index is -0.184. The lowest BCUT2D eigenvalue weighted by molar-refractivity contribution is -0.130. The van der Waals surface area contributed by atoms with Crippen molar-refractivity contribution in [3.05, 3.63) is 29.8 Å². The third kappa shape index (κ3) is 4.37. The van der Waals surface area contributed by atoms with E-state index in [0.29, 0.717) is 13.2 Å². The number of nitrogens with one attached hydrogen (secondary N) is 1. The number of carbonyl (C=O) groups excluding carboxylic acids is 1. The second-order valence-electron chi connectivity index (χ2n) is 4.42. The Bertz CT molecular complexity index is 391. The molecule has 0 aliphatic heterocycles. The molecule has 0 fully saturated rings. The number of rotatable bonds is 6. The van der Waals surface area contributed by atoms with E-state index in [4.69, 9.17) is 4.74 Å². The van der Waals surface area contributed by atoms with Gasteiger partial charge in [0.1, 0.15) is 5.75 Å². The van der Waals surface area contributed by atoms with Gasteiger partial charge < -0.3 is 15.0 Å². The number of ether oxygens (including phenoxy) is 1. The van der Waals surface area contributed by atoms with E-state index in [1.165, 1.54) is 0 Å². The van der Waals surface area contributed by atoms with Crippen LogP contribution >= 0.6 is 0 Å². The molecule has 0 saturated heterocycles. The van der Waals surface area contributed by atoms with Crippen molar-refractivity contribution in [2.45, 2.75) is 26.4 Å². The van der Waals surface area contributed by atoms with Crippen LogP contribution in [-0.4, -0.2) is 37.6 Å². The van der Waals surface area contributed by atoms with Gasteiger partial charge in [0.2, 0.25) is 5.91 Å². The van der Waals surface area contributed by atoms with Crippen LogP contribution < -0.4 is 10.1 Å². The Hall–Kier alpha value is -1.55. The zero-order valence-corrected chi connectivity index (χ0v) is 11.6. The summed E-state index contributed by atoms with van der Waals surface area (Å²) in [6.45, 7) is 5.14. The summed E-state index contributed by atoms with van der Waals surface area (Å²) in [5, 5.41) is 3.20. The number of likely N-dealkylation sites (N-methyl/N-ethyl adjacent to an activating group) is 1. The summed E-state index contributed by atoms with van der Waals surface area (Å²) < 4.78 is 5.44. The molecule has 4 nitrogen and oxygen atoms in total. The molecule has 0 aliphatic carbocycles. The summed E-state index contributed by atoms with van der Waals surface area (Å²) in [4.78, 5) is 13.3. The van der Waals surface area contributed by atoms with Gasteiger partial charge in [-0.3, -0.25) is 4.79 Å². The minimum absolute atomic E-state index is 0.0796. The maximum absolute atomic E-state index is 11.7. The molecule has 1 atom stereocenters. The van der Waals surface area contributed by atoms with E-state index in [1.54, 1.807) is 19.0 Å². The SMILES string of the molecule is CCOc1cccc(CNC(C)C(=O)N(C)C)c1. The summed E-state index contributed by atoms with van der Waals surface area (Å²) in [5.41, 5.74) is 1.11. The van der Waals surface area contributed by atoms with Gasteiger partial charge in [0.15, 0.2) is 0 Å². The van der Waals surface area contributed by atoms with E-state index in [2.05, 4.69) is 5.32 Å². The molecular formula is C14H22N2O2. The molecule has 1 aromatic rings. The number of carbonyl (C=O) groups is 1. The molecule has 0 saturated carbocycles. The predicted octanol–water partition coefficient (Wildman–Crippen LogP) is 1.65. The average Bonchev–Trinajstić information content (AvgIpc) is 2.36. The molecule has 0 radical (unpaired) electrons. The Labute approximate surface area is 109 Å². The molecule has 18 heavy (non-hydrogen) atoms. The first-order valence-corrected chi connectivity index (χ1v) is 6.21. The van der Waals surface area contributed by atoms with Crippen LogP contribution in [0.5, 0.6) is 5.75 Å². The molecule has 1 unspecified atom stereocenters. The first-order valence-electron chi connectivity index (χ1n) is 6.21. The van der Waals surface area contributed by atoms with Crippen molar-refractivity contribution in [3.8, 4) is 5.75 Å². The second-order valence-corrected chi connectivity index (χ2v) is 4.42. The van der Waals surface area contributed by atoms with Crippen molar-refractivity contribution < 1.29 is 9.53 Å². The van der Waals surface area contributed by atoms with Crippen molar-refractivity contribution in [1.82, 2.24) is 10.2 Å². The maximum atomic E-state index is 11.7. The normalized spacial score (nSPS) is 12.0. The van der Waals surface area contributed by atoms with Gasteiger partial charge in [0, 0.05) is 20.6 Å². The molecule has 0 aliphatic rings. The van der Waals surface area contributed by atoms with Crippen molar-refractivity contribution in [2.75, 3.05) is 20.7 Å². The van der Waals surface area contributed by atoms with Gasteiger partial charge in [-0.1, -0.05) is 12.1 Å². The zero-order valence-electron chi connectivity index (χ0n) is 11.6. The monoisotopic (exact) mass is 250 g/mol. The zero-order chi connectivity index (χ0) is 13.5. The largest absolute Gasteiger partial charge is 0.494 e. The van der Waals surface area contributed by atoms with Crippen LogP contribution in [0.1, 0.15) is 19.4 Å². The molecule has 100 valence electrons. The van der Waals surface area contributed by atoms with Crippen LogP contribution in [0.25, 0.3) is 0 Å². The lowest BCUT2D eigenvalue weighted by Gasteiger charge is -2.18. The fraction of sp³-hybridized carbons (Fsp3) is 0.500. The van der Waals surface area contributed by atoms with Crippen LogP contribution in [0.4, 0.5) is 0 Å². The minimum Gasteiger partial charge on any atom is -0.494 e. The highest BCUT2D eigenvalue weighted by Crippen LogP contribution is 2.13. The summed E-state index contributed by atoms with van der Waals surface area (Å²) in [5.74, 6) is 0.944. The molecule has 0 heterocycles. The summed E-state index contributed by atoms with van der Waals surface area (Å²) >= 11 is 0. The first kappa shape index (κ1) is 14.5. The topological polar surface area (TPSA) is 41.6 Å². The van der Waals surface area contributed by atoms with Crippen molar-refractivity contribution in [3.63, 3.8) is 0 Å². The van der Waals surface area contributed by atoms with Crippen molar-refractivity contribution >= 4 is 5.91 Å². The highest BCUT2D eigenvalue weighted by atomic mass is 16.5. The van der Waals surface area contributed by atoms with Gasteiger partial charge in [-0.05, 0) is 31.5 Å². The van der Waals surface area contributed by atoms with E-state index >= 15 is 0 Å². The number of hydrogen-bond donors (Lipinski definition) is 1. The summed E-state index contributed by atoms with van der Waals surface area (Å²) in [6.07, 6.45) is 0. The molecule has 1 amide bonds. The van der Waals surface area contributed by atoms with Gasteiger partial charge in [-0.15, -0.1) is 0 Å². The van der Waals surface area contributed by atoms with Gasteiger partial charge in [0.25, 0.3) is 0 Å². The Balaban J connectivity index is 2.52. The lowest BCUT2D eigenvalue weighted by Crippen LogP contribution is -2.41. The van der Waals surface area contributed by atoms with Crippen LogP contribution in [0.15, 0.2) is 24.3 Å². The van der Waals surface area contributed by atoms with Crippen molar-refractivity contribution in [1.29, 1.82) is 0 Å². The first-order chi connectivity index (χ1) is 8.54. The maximum Gasteiger partial charge on any atom is 0.238 e. The Morgan fingerprint density at radius 2 is 2.17 bits per heavy atom. The fourth-order valence-electron chi connectivity index (χ4n) is 1.66. The van der Waals surface area contributed by atoms with E-state index in [-0.39, 0.29) is 11.9 Å². The van der Waals surface area contributed by atoms with Crippen LogP contribution in [0, 0.1) is 0 Å². The third-order valence-electron chi connectivity index (χ3n) is 2.63. The average molecular weight is 250 g/mol. The number of amides is 1. The number of hydrogen-bond acceptors (Lipinski definition) is 3. The Morgan fingerprint density at radius 1 is 1.44 bits per heavy atom. The van der Waals surface area contributed by atoms with E-state index in [0.717, 1.165) is 11.3 Å². The van der Waals surface area contributed by atoms with Gasteiger partial charge >= 0.3 is 0 Å². The molecule has 1 aromatic carbocycles. The molecule has 4 heteroatoms. The van der Waals surface area contributed by atoms with E-state index < -0.39 is 0 Å². The van der Waals surface area contributed by atoms with Crippen LogP contribution in [-0.2, 0) is 11.3 Å². The van der Waals surface area contributed by atoms with Crippen molar-refractivity contribution in [2.24, 2.45) is 0 Å². The lowest BCUT2D eigenvalue weighted by atomic mass is 10.2. The van der Waals surface area contributed by atoms with Gasteiger partial charge in [0.05, 0.1) is 12.6 Å². The van der Waals surface area contributed by atoms with E-state index in [9.17, 15) is 4.79 Å². The number of nitrogens with zero attached hydrogens (tertiary/aromatic N) is 1. The smallest absolute Gasteiger partial charge is 0.238 e. The highest BCUT2D eigenvalue weighted by molar-refractivity contribution is 5.80. The second kappa shape index (κ2) is 7.01. The summed E-state index contributed by atoms with van der Waals surface area (Å²) in [6, 6.07) is 7.71. The van der Waals surface area contributed by atoms with Gasteiger partial charge in [-0.2, -0.15) is 0 Å². The fourth-order valence-corrected chi connectivity index (χ4v) is 1.66. The highest BCUT2D eigenvalue weighted by Gasteiger charge is 2.13. The third-order valence-corrected chi connectivity index (χ3v) is 2.63. The molecule has 1 N–H and O–H groups in total. The standard InChI is InChI=1S/C14H22N2O2/c1-5-18-13-8-6-7-12(9-13)10-15-11(2)14(17)16(3)4/h6-9,11,15H,5,10H2,1-4H3. The quantitative estimate of drug-likeness (QED) is 0.834. The molecule has 0 spiro atoms. The number of benzene rings is 1. The molecule has 1 rings (SSSR count). The van der Waals surface area contributed by atoms with Crippen LogP contribution in [0.2, 0.25) is 0 Å². The summed E-state index contributed by atoms with van der Waals surface area (Å²) in [7, 11) is 3.52. The molecular weight excluding hydrogens is 228 g/mol. The Morgan fingerprint density at radius 3 is 2.78 bits per heavy atom. The van der Waals surface area contributed by atoms with E-state index in [1.807, 2.05) is 38.1 Å². The van der Waals surface area contributed by atoms with Gasteiger partial charge in [-0.25, -0.2) is 0 Å². The molecule has 0 aromatic heterocycles. The van der Waals surface area contributed by atoms with Crippen LogP contribution in [0.3, 0.4) is 0 Å². The Kier molecular flexibility index (Phi) is 5.65. The predicted molar refractivity (Wildman–Crippen MR) is 72.6 cm³/mol. The molecule has 0 bridgehead atoms.